The average molecular weight is 240 g/mol. The van der Waals surface area contributed by atoms with Gasteiger partial charge in [-0.3, -0.25) is 9.36 Å². The highest BCUT2D eigenvalue weighted by atomic mass is 16.5. The van der Waals surface area contributed by atoms with Crippen molar-refractivity contribution in [2.24, 2.45) is 0 Å². The van der Waals surface area contributed by atoms with Crippen LogP contribution in [0.15, 0.2) is 53.5 Å². The first-order valence-corrected chi connectivity index (χ1v) is 5.52. The highest BCUT2D eigenvalue weighted by Gasteiger charge is 2.01. The number of ether oxygens (including phenoxy) is 1. The number of hydrogen-bond donors (Lipinski definition) is 0. The van der Waals surface area contributed by atoms with Crippen LogP contribution in [0, 0.1) is 11.3 Å². The van der Waals surface area contributed by atoms with Gasteiger partial charge in [0.25, 0.3) is 5.56 Å². The van der Waals surface area contributed by atoms with Gasteiger partial charge in [0, 0.05) is 6.20 Å². The van der Waals surface area contributed by atoms with Gasteiger partial charge in [-0.2, -0.15) is 5.26 Å². The summed E-state index contributed by atoms with van der Waals surface area (Å²) in [6.07, 6.45) is 1.61. The van der Waals surface area contributed by atoms with Gasteiger partial charge in [-0.1, -0.05) is 30.3 Å². The molecule has 18 heavy (non-hydrogen) atoms. The lowest BCUT2D eigenvalue weighted by molar-refractivity contribution is 0.0617. The number of pyridine rings is 1. The SMILES string of the molecule is N#Cc1cccn(COCc2ccccc2)c1=O. The minimum Gasteiger partial charge on any atom is -0.356 e. The van der Waals surface area contributed by atoms with E-state index in [-0.39, 0.29) is 17.9 Å². The molecule has 0 saturated heterocycles. The number of aromatic nitrogens is 1. The fourth-order valence-corrected chi connectivity index (χ4v) is 1.56. The van der Waals surface area contributed by atoms with E-state index < -0.39 is 0 Å². The smallest absolute Gasteiger partial charge is 0.270 e. The Balaban J connectivity index is 2.00. The zero-order valence-corrected chi connectivity index (χ0v) is 9.74. The van der Waals surface area contributed by atoms with Gasteiger partial charge in [0.1, 0.15) is 18.4 Å². The van der Waals surface area contributed by atoms with Crippen LogP contribution in [0.3, 0.4) is 0 Å². The van der Waals surface area contributed by atoms with E-state index in [1.807, 2.05) is 36.4 Å². The summed E-state index contributed by atoms with van der Waals surface area (Å²) in [5.74, 6) is 0. The van der Waals surface area contributed by atoms with Crippen LogP contribution in [0.1, 0.15) is 11.1 Å². The first-order valence-electron chi connectivity index (χ1n) is 5.52. The lowest BCUT2D eigenvalue weighted by atomic mass is 10.2. The molecule has 0 aliphatic heterocycles. The van der Waals surface area contributed by atoms with E-state index >= 15 is 0 Å². The molecular weight excluding hydrogens is 228 g/mol. The fraction of sp³-hybridized carbons (Fsp3) is 0.143. The standard InChI is InChI=1S/C14H12N2O2/c15-9-13-7-4-8-16(14(13)17)11-18-10-12-5-2-1-3-6-12/h1-8H,10-11H2. The molecule has 1 aromatic heterocycles. The average Bonchev–Trinajstić information content (AvgIpc) is 2.42. The van der Waals surface area contributed by atoms with Crippen molar-refractivity contribution in [3.63, 3.8) is 0 Å². The van der Waals surface area contributed by atoms with Crippen molar-refractivity contribution in [3.05, 3.63) is 70.1 Å². The fourth-order valence-electron chi connectivity index (χ4n) is 1.56. The van der Waals surface area contributed by atoms with Crippen LogP contribution in [0.5, 0.6) is 0 Å². The molecule has 2 rings (SSSR count). The highest BCUT2D eigenvalue weighted by Crippen LogP contribution is 2.01. The van der Waals surface area contributed by atoms with E-state index in [1.165, 1.54) is 10.6 Å². The summed E-state index contributed by atoms with van der Waals surface area (Å²) >= 11 is 0. The Morgan fingerprint density at radius 2 is 1.94 bits per heavy atom. The van der Waals surface area contributed by atoms with Gasteiger partial charge in [0.2, 0.25) is 0 Å². The van der Waals surface area contributed by atoms with Gasteiger partial charge in [-0.25, -0.2) is 0 Å². The molecule has 4 nitrogen and oxygen atoms in total. The first kappa shape index (κ1) is 12.1. The molecule has 1 heterocycles. The molecule has 0 amide bonds. The zero-order chi connectivity index (χ0) is 12.8. The minimum absolute atomic E-state index is 0.126. The lowest BCUT2D eigenvalue weighted by Crippen LogP contribution is -2.22. The molecule has 4 heteroatoms. The Labute approximate surface area is 105 Å². The van der Waals surface area contributed by atoms with Crippen molar-refractivity contribution in [3.8, 4) is 6.07 Å². The van der Waals surface area contributed by atoms with E-state index in [0.29, 0.717) is 6.61 Å². The third kappa shape index (κ3) is 2.84. The van der Waals surface area contributed by atoms with Crippen molar-refractivity contribution >= 4 is 0 Å². The van der Waals surface area contributed by atoms with Crippen LogP contribution in [-0.2, 0) is 18.1 Å². The Bertz CT molecular complexity index is 612. The molecule has 2 aromatic rings. The number of benzene rings is 1. The maximum atomic E-state index is 11.7. The molecule has 1 aromatic carbocycles. The summed E-state index contributed by atoms with van der Waals surface area (Å²) in [7, 11) is 0. The molecule has 0 bridgehead atoms. The third-order valence-electron chi connectivity index (χ3n) is 2.48. The molecule has 90 valence electrons. The number of hydrogen-bond acceptors (Lipinski definition) is 3. The van der Waals surface area contributed by atoms with E-state index in [1.54, 1.807) is 12.3 Å². The molecule has 0 radical (unpaired) electrons. The summed E-state index contributed by atoms with van der Waals surface area (Å²) in [6.45, 7) is 0.577. The van der Waals surface area contributed by atoms with Crippen LogP contribution in [0.25, 0.3) is 0 Å². The molecule has 0 aliphatic carbocycles. The van der Waals surface area contributed by atoms with Crippen molar-refractivity contribution in [2.45, 2.75) is 13.3 Å². The van der Waals surface area contributed by atoms with Crippen LogP contribution < -0.4 is 5.56 Å². The quantitative estimate of drug-likeness (QED) is 0.820. The predicted molar refractivity (Wildman–Crippen MR) is 66.6 cm³/mol. The summed E-state index contributed by atoms with van der Waals surface area (Å²) in [5.41, 5.74) is 0.843. The Morgan fingerprint density at radius 3 is 2.67 bits per heavy atom. The molecular formula is C14H12N2O2. The van der Waals surface area contributed by atoms with E-state index in [9.17, 15) is 4.79 Å². The van der Waals surface area contributed by atoms with E-state index in [2.05, 4.69) is 0 Å². The monoisotopic (exact) mass is 240 g/mol. The number of nitrogens with zero attached hydrogens (tertiary/aromatic N) is 2. The van der Waals surface area contributed by atoms with E-state index in [4.69, 9.17) is 10.00 Å². The second-order valence-corrected chi connectivity index (χ2v) is 3.77. The number of rotatable bonds is 4. The molecule has 0 unspecified atom stereocenters. The Hall–Kier alpha value is -2.38. The largest absolute Gasteiger partial charge is 0.356 e. The zero-order valence-electron chi connectivity index (χ0n) is 9.74. The minimum atomic E-state index is -0.326. The van der Waals surface area contributed by atoms with Crippen molar-refractivity contribution in [1.82, 2.24) is 4.57 Å². The second kappa shape index (κ2) is 5.80. The third-order valence-corrected chi connectivity index (χ3v) is 2.48. The maximum Gasteiger partial charge on any atom is 0.270 e. The summed E-state index contributed by atoms with van der Waals surface area (Å²) in [6, 6.07) is 14.7. The van der Waals surface area contributed by atoms with Gasteiger partial charge in [-0.15, -0.1) is 0 Å². The molecule has 0 spiro atoms. The van der Waals surface area contributed by atoms with Gasteiger partial charge >= 0.3 is 0 Å². The van der Waals surface area contributed by atoms with Crippen LogP contribution in [0.2, 0.25) is 0 Å². The molecule has 0 fully saturated rings. The topological polar surface area (TPSA) is 55.0 Å². The summed E-state index contributed by atoms with van der Waals surface area (Å²) in [4.78, 5) is 11.7. The Morgan fingerprint density at radius 1 is 1.17 bits per heavy atom. The predicted octanol–water partition coefficient (Wildman–Crippen LogP) is 1.89. The van der Waals surface area contributed by atoms with E-state index in [0.717, 1.165) is 5.56 Å². The van der Waals surface area contributed by atoms with Crippen LogP contribution in [-0.4, -0.2) is 4.57 Å². The van der Waals surface area contributed by atoms with Crippen molar-refractivity contribution in [1.29, 1.82) is 5.26 Å². The lowest BCUT2D eigenvalue weighted by Gasteiger charge is -2.07. The van der Waals surface area contributed by atoms with Gasteiger partial charge in [0.15, 0.2) is 0 Å². The highest BCUT2D eigenvalue weighted by molar-refractivity contribution is 5.24. The number of nitriles is 1. The Kier molecular flexibility index (Phi) is 3.90. The molecule has 0 atom stereocenters. The van der Waals surface area contributed by atoms with Gasteiger partial charge in [0.05, 0.1) is 6.61 Å². The normalized spacial score (nSPS) is 9.94. The maximum absolute atomic E-state index is 11.7. The van der Waals surface area contributed by atoms with Crippen LogP contribution >= 0.6 is 0 Å². The summed E-state index contributed by atoms with van der Waals surface area (Å²) < 4.78 is 6.82. The molecule has 0 saturated carbocycles. The van der Waals surface area contributed by atoms with Gasteiger partial charge < -0.3 is 4.74 Å². The van der Waals surface area contributed by atoms with Crippen molar-refractivity contribution < 1.29 is 4.74 Å². The van der Waals surface area contributed by atoms with Crippen molar-refractivity contribution in [2.75, 3.05) is 0 Å². The van der Waals surface area contributed by atoms with Gasteiger partial charge in [-0.05, 0) is 17.7 Å². The molecule has 0 aliphatic rings. The first-order chi connectivity index (χ1) is 8.81. The van der Waals surface area contributed by atoms with Crippen LogP contribution in [0.4, 0.5) is 0 Å². The molecule has 0 N–H and O–H groups in total. The second-order valence-electron chi connectivity index (χ2n) is 3.77. The summed E-state index contributed by atoms with van der Waals surface area (Å²) in [5, 5.41) is 8.74.